The molecule has 0 spiro atoms. The average Bonchev–Trinajstić information content (AvgIpc) is 2.90. The Morgan fingerprint density at radius 2 is 1.78 bits per heavy atom. The quantitative estimate of drug-likeness (QED) is 0.281. The Morgan fingerprint density at radius 3 is 2.51 bits per heavy atom. The number of ether oxygens (including phenoxy) is 1. The first kappa shape index (κ1) is 28.5. The fraction of sp³-hybridized carbons (Fsp3) is 0.441. The van der Waals surface area contributed by atoms with Crippen LogP contribution in [-0.2, 0) is 17.6 Å². The number of rotatable bonds is 13. The maximum Gasteiger partial charge on any atom is 0.160 e. The van der Waals surface area contributed by atoms with E-state index in [0.717, 1.165) is 50.5 Å². The summed E-state index contributed by atoms with van der Waals surface area (Å²) in [4.78, 5) is 13.7. The Bertz CT molecular complexity index is 1090. The van der Waals surface area contributed by atoms with E-state index in [2.05, 4.69) is 57.2 Å². The highest BCUT2D eigenvalue weighted by atomic mass is 16.5. The summed E-state index contributed by atoms with van der Waals surface area (Å²) in [5, 5.41) is 9.95. The number of hydrogen-bond acceptors (Lipinski definition) is 3. The lowest BCUT2D eigenvalue weighted by atomic mass is 9.69. The zero-order chi connectivity index (χ0) is 26.6. The van der Waals surface area contributed by atoms with Crippen LogP contribution in [0.25, 0.3) is 0 Å². The monoisotopic (exact) mass is 500 g/mol. The minimum atomic E-state index is 0.0366. The molecule has 3 heteroatoms. The number of methoxy groups -OCH3 is 1. The van der Waals surface area contributed by atoms with E-state index in [1.165, 1.54) is 16.7 Å². The van der Waals surface area contributed by atoms with Crippen LogP contribution in [0.5, 0.6) is 11.5 Å². The number of aromatic hydroxyl groups is 1. The van der Waals surface area contributed by atoms with Gasteiger partial charge in [-0.15, -0.1) is 0 Å². The van der Waals surface area contributed by atoms with E-state index < -0.39 is 0 Å². The smallest absolute Gasteiger partial charge is 0.160 e. The van der Waals surface area contributed by atoms with Crippen LogP contribution >= 0.6 is 0 Å². The van der Waals surface area contributed by atoms with Crippen molar-refractivity contribution in [1.29, 1.82) is 0 Å². The summed E-state index contributed by atoms with van der Waals surface area (Å²) >= 11 is 0. The molecule has 0 heterocycles. The topological polar surface area (TPSA) is 46.5 Å². The van der Waals surface area contributed by atoms with Gasteiger partial charge in [0.25, 0.3) is 0 Å². The summed E-state index contributed by atoms with van der Waals surface area (Å²) in [5.41, 5.74) is 5.12. The van der Waals surface area contributed by atoms with Gasteiger partial charge in [0.05, 0.1) is 7.11 Å². The van der Waals surface area contributed by atoms with E-state index in [9.17, 15) is 9.90 Å². The largest absolute Gasteiger partial charge is 0.504 e. The molecule has 1 N–H and O–H groups in total. The van der Waals surface area contributed by atoms with E-state index >= 15 is 0 Å². The molecule has 0 fully saturated rings. The number of phenolic OH excluding ortho intramolecular Hbond substituents is 1. The van der Waals surface area contributed by atoms with Gasteiger partial charge in [-0.1, -0.05) is 71.8 Å². The summed E-state index contributed by atoms with van der Waals surface area (Å²) in [5.74, 6) is 1.65. The first-order valence-electron chi connectivity index (χ1n) is 13.8. The second-order valence-electron chi connectivity index (χ2n) is 10.7. The predicted molar refractivity (Wildman–Crippen MR) is 154 cm³/mol. The van der Waals surface area contributed by atoms with Gasteiger partial charge in [0.2, 0.25) is 0 Å². The van der Waals surface area contributed by atoms with Crippen LogP contribution in [0.3, 0.4) is 0 Å². The Hall–Kier alpha value is -3.07. The zero-order valence-electron chi connectivity index (χ0n) is 23.1. The second kappa shape index (κ2) is 14.6. The molecule has 37 heavy (non-hydrogen) atoms. The molecule has 0 bridgehead atoms. The molecule has 1 aliphatic carbocycles. The van der Waals surface area contributed by atoms with Crippen molar-refractivity contribution < 1.29 is 14.6 Å². The maximum atomic E-state index is 13.7. The van der Waals surface area contributed by atoms with E-state index in [0.29, 0.717) is 23.9 Å². The number of benzene rings is 2. The number of hydrogen-bond donors (Lipinski definition) is 1. The molecule has 1 aliphatic rings. The Morgan fingerprint density at radius 1 is 1.00 bits per heavy atom. The molecule has 0 saturated carbocycles. The number of aryl methyl sites for hydroxylation is 2. The highest BCUT2D eigenvalue weighted by Gasteiger charge is 2.34. The highest BCUT2D eigenvalue weighted by Crippen LogP contribution is 2.38. The van der Waals surface area contributed by atoms with Crippen LogP contribution in [0.2, 0.25) is 0 Å². The van der Waals surface area contributed by atoms with Crippen molar-refractivity contribution in [1.82, 2.24) is 0 Å². The first-order chi connectivity index (χ1) is 17.9. The van der Waals surface area contributed by atoms with E-state index in [4.69, 9.17) is 4.74 Å². The Balaban J connectivity index is 1.72. The fourth-order valence-electron chi connectivity index (χ4n) is 5.40. The van der Waals surface area contributed by atoms with Crippen LogP contribution in [0, 0.1) is 17.8 Å². The minimum Gasteiger partial charge on any atom is -0.504 e. The van der Waals surface area contributed by atoms with Gasteiger partial charge in [0.1, 0.15) is 5.78 Å². The molecule has 0 amide bonds. The molecule has 198 valence electrons. The summed E-state index contributed by atoms with van der Waals surface area (Å²) in [6.07, 6.45) is 16.4. The Kier molecular flexibility index (Phi) is 11.3. The SMILES string of the molecule is COc1cc(CC[C@@H]2CC=C[C@@H](C/C=C(\C)CCC=C(C)C)[C@H]2C(=O)CCc2ccccc2)ccc1O. The van der Waals surface area contributed by atoms with Gasteiger partial charge in [-0.05, 0) is 101 Å². The van der Waals surface area contributed by atoms with E-state index in [1.54, 1.807) is 13.2 Å². The molecule has 3 rings (SSSR count). The molecule has 0 radical (unpaired) electrons. The molecule has 2 aromatic rings. The van der Waals surface area contributed by atoms with Crippen molar-refractivity contribution in [3.05, 3.63) is 95.1 Å². The van der Waals surface area contributed by atoms with E-state index in [-0.39, 0.29) is 17.6 Å². The number of ketones is 1. The minimum absolute atomic E-state index is 0.0366. The van der Waals surface area contributed by atoms with Gasteiger partial charge in [0.15, 0.2) is 11.5 Å². The summed E-state index contributed by atoms with van der Waals surface area (Å²) in [6.45, 7) is 6.51. The molecule has 0 unspecified atom stereocenters. The molecule has 3 nitrogen and oxygen atoms in total. The van der Waals surface area contributed by atoms with Crippen molar-refractivity contribution in [3.63, 3.8) is 0 Å². The highest BCUT2D eigenvalue weighted by molar-refractivity contribution is 5.82. The molecular formula is C34H44O3. The Labute approximate surface area is 224 Å². The second-order valence-corrected chi connectivity index (χ2v) is 10.7. The zero-order valence-corrected chi connectivity index (χ0v) is 23.1. The van der Waals surface area contributed by atoms with Crippen LogP contribution in [0.1, 0.15) is 70.4 Å². The fourth-order valence-corrected chi connectivity index (χ4v) is 5.40. The van der Waals surface area contributed by atoms with Gasteiger partial charge < -0.3 is 9.84 Å². The summed E-state index contributed by atoms with van der Waals surface area (Å²) < 4.78 is 5.30. The molecular weight excluding hydrogens is 456 g/mol. The lowest BCUT2D eigenvalue weighted by Crippen LogP contribution is -2.33. The van der Waals surface area contributed by atoms with Gasteiger partial charge >= 0.3 is 0 Å². The number of Topliss-reactive ketones (excluding diaryl/α,β-unsaturated/α-hetero) is 1. The van der Waals surface area contributed by atoms with Crippen LogP contribution in [0.15, 0.2) is 84.0 Å². The van der Waals surface area contributed by atoms with Crippen molar-refractivity contribution in [2.45, 2.75) is 72.1 Å². The number of carbonyl (C=O) groups is 1. The lowest BCUT2D eigenvalue weighted by Gasteiger charge is -2.34. The van der Waals surface area contributed by atoms with Gasteiger partial charge in [-0.2, -0.15) is 0 Å². The van der Waals surface area contributed by atoms with Crippen molar-refractivity contribution in [2.24, 2.45) is 17.8 Å². The third-order valence-corrected chi connectivity index (χ3v) is 7.54. The first-order valence-corrected chi connectivity index (χ1v) is 13.8. The maximum absolute atomic E-state index is 13.7. The van der Waals surface area contributed by atoms with Crippen LogP contribution in [0.4, 0.5) is 0 Å². The number of allylic oxidation sites excluding steroid dienone is 6. The molecule has 0 aliphatic heterocycles. The van der Waals surface area contributed by atoms with Gasteiger partial charge in [0, 0.05) is 12.3 Å². The molecule has 0 saturated heterocycles. The normalized spacial score (nSPS) is 19.5. The van der Waals surface area contributed by atoms with Gasteiger partial charge in [-0.3, -0.25) is 4.79 Å². The van der Waals surface area contributed by atoms with E-state index in [1.807, 2.05) is 30.3 Å². The molecule has 3 atom stereocenters. The molecule has 2 aromatic carbocycles. The third kappa shape index (κ3) is 9.07. The summed E-state index contributed by atoms with van der Waals surface area (Å²) in [7, 11) is 1.58. The molecule has 0 aromatic heterocycles. The predicted octanol–water partition coefficient (Wildman–Crippen LogP) is 8.43. The lowest BCUT2D eigenvalue weighted by molar-refractivity contribution is -0.126. The average molecular weight is 501 g/mol. The van der Waals surface area contributed by atoms with Crippen molar-refractivity contribution in [2.75, 3.05) is 7.11 Å². The number of phenols is 1. The van der Waals surface area contributed by atoms with Crippen molar-refractivity contribution >= 4 is 5.78 Å². The standard InChI is InChI=1S/C34H44O3/c1-25(2)10-8-11-26(3)16-20-29-14-9-15-30(21-17-28-19-22-31(35)33(24-28)37-4)34(29)32(36)23-18-27-12-6-5-7-13-27/h5-7,9-10,12-14,16,19,22,24,29-30,34-35H,8,11,15,17-18,20-21,23H2,1-4H3/b26-16+/t29-,30-,34+/m0/s1. The van der Waals surface area contributed by atoms with Gasteiger partial charge in [-0.25, -0.2) is 0 Å². The van der Waals surface area contributed by atoms with Crippen LogP contribution in [-0.4, -0.2) is 18.0 Å². The van der Waals surface area contributed by atoms with Crippen molar-refractivity contribution in [3.8, 4) is 11.5 Å². The van der Waals surface area contributed by atoms with Crippen LogP contribution < -0.4 is 4.74 Å². The number of carbonyl (C=O) groups excluding carboxylic acids is 1. The third-order valence-electron chi connectivity index (χ3n) is 7.54. The summed E-state index contributed by atoms with van der Waals surface area (Å²) in [6, 6.07) is 15.9.